The van der Waals surface area contributed by atoms with Crippen molar-refractivity contribution in [3.05, 3.63) is 72.8 Å². The fourth-order valence-corrected chi connectivity index (χ4v) is 3.63. The van der Waals surface area contributed by atoms with Crippen molar-refractivity contribution < 1.29 is 0 Å². The Morgan fingerprint density at radius 3 is 1.38 bits per heavy atom. The van der Waals surface area contributed by atoms with Gasteiger partial charge < -0.3 is 9.80 Å². The highest BCUT2D eigenvalue weighted by atomic mass is 15.3. The molecular formula is C22H20N4. The lowest BCUT2D eigenvalue weighted by Crippen LogP contribution is -2.47. The van der Waals surface area contributed by atoms with Gasteiger partial charge in [0, 0.05) is 37.0 Å². The van der Waals surface area contributed by atoms with Crippen molar-refractivity contribution in [3.63, 3.8) is 0 Å². The molecule has 4 nitrogen and oxygen atoms in total. The van der Waals surface area contributed by atoms with E-state index in [-0.39, 0.29) is 0 Å². The van der Waals surface area contributed by atoms with E-state index in [0.29, 0.717) is 0 Å². The molecule has 1 fully saturated rings. The molecule has 0 atom stereocenters. The molecule has 4 heteroatoms. The number of hydrogen-bond acceptors (Lipinski definition) is 4. The zero-order chi connectivity index (χ0) is 17.3. The first-order chi connectivity index (χ1) is 12.9. The topological polar surface area (TPSA) is 32.3 Å². The number of benzene rings is 2. The van der Waals surface area contributed by atoms with Crippen LogP contribution >= 0.6 is 0 Å². The minimum atomic E-state index is 0.958. The summed E-state index contributed by atoms with van der Waals surface area (Å²) in [5.41, 5.74) is 2.12. The molecule has 2 aromatic carbocycles. The number of para-hydroxylation sites is 2. The molecule has 0 aliphatic carbocycles. The van der Waals surface area contributed by atoms with Gasteiger partial charge in [0.2, 0.25) is 0 Å². The van der Waals surface area contributed by atoms with Crippen molar-refractivity contribution in [3.8, 4) is 0 Å². The van der Waals surface area contributed by atoms with Crippen molar-refractivity contribution >= 4 is 33.4 Å². The molecule has 0 radical (unpaired) electrons. The molecule has 1 saturated heterocycles. The first-order valence-electron chi connectivity index (χ1n) is 9.08. The standard InChI is InChI=1S/C22H20N4/c1-3-7-19-17(5-1)9-11-21(23-19)25-13-15-26(16-14-25)22-12-10-18-6-2-4-8-20(18)24-22/h1-12H,13-16H2. The Hall–Kier alpha value is -3.14. The Morgan fingerprint density at radius 2 is 0.923 bits per heavy atom. The van der Waals surface area contributed by atoms with E-state index in [4.69, 9.17) is 9.97 Å². The number of nitrogens with zero attached hydrogens (tertiary/aromatic N) is 4. The summed E-state index contributed by atoms with van der Waals surface area (Å²) in [6.07, 6.45) is 0. The molecule has 4 aromatic rings. The van der Waals surface area contributed by atoms with Gasteiger partial charge in [-0.2, -0.15) is 0 Å². The van der Waals surface area contributed by atoms with Crippen LogP contribution < -0.4 is 9.80 Å². The number of piperazine rings is 1. The maximum absolute atomic E-state index is 4.83. The van der Waals surface area contributed by atoms with E-state index < -0.39 is 0 Å². The van der Waals surface area contributed by atoms with E-state index in [2.05, 4.69) is 70.5 Å². The van der Waals surface area contributed by atoms with Crippen molar-refractivity contribution in [2.75, 3.05) is 36.0 Å². The maximum Gasteiger partial charge on any atom is 0.129 e. The molecule has 0 amide bonds. The van der Waals surface area contributed by atoms with Crippen molar-refractivity contribution in [2.24, 2.45) is 0 Å². The Morgan fingerprint density at radius 1 is 0.500 bits per heavy atom. The fourth-order valence-electron chi connectivity index (χ4n) is 3.63. The summed E-state index contributed by atoms with van der Waals surface area (Å²) in [5.74, 6) is 2.13. The summed E-state index contributed by atoms with van der Waals surface area (Å²) in [4.78, 5) is 14.4. The predicted molar refractivity (Wildman–Crippen MR) is 108 cm³/mol. The Bertz CT molecular complexity index is 980. The van der Waals surface area contributed by atoms with Gasteiger partial charge in [-0.3, -0.25) is 0 Å². The summed E-state index contributed by atoms with van der Waals surface area (Å²) < 4.78 is 0. The minimum absolute atomic E-state index is 0.958. The number of aromatic nitrogens is 2. The van der Waals surface area contributed by atoms with Gasteiger partial charge in [-0.15, -0.1) is 0 Å². The molecule has 0 bridgehead atoms. The normalized spacial score (nSPS) is 14.9. The maximum atomic E-state index is 4.83. The zero-order valence-electron chi connectivity index (χ0n) is 14.5. The third-order valence-corrected chi connectivity index (χ3v) is 5.10. The largest absolute Gasteiger partial charge is 0.353 e. The Kier molecular flexibility index (Phi) is 3.67. The van der Waals surface area contributed by atoms with Crippen molar-refractivity contribution in [2.45, 2.75) is 0 Å². The smallest absolute Gasteiger partial charge is 0.129 e. The number of hydrogen-bond donors (Lipinski definition) is 0. The van der Waals surface area contributed by atoms with E-state index >= 15 is 0 Å². The van der Waals surface area contributed by atoms with Crippen molar-refractivity contribution in [1.82, 2.24) is 9.97 Å². The predicted octanol–water partition coefficient (Wildman–Crippen LogP) is 4.11. The quantitative estimate of drug-likeness (QED) is 0.550. The highest BCUT2D eigenvalue weighted by Gasteiger charge is 2.19. The molecule has 1 aliphatic heterocycles. The second-order valence-electron chi connectivity index (χ2n) is 6.70. The minimum Gasteiger partial charge on any atom is -0.353 e. The van der Waals surface area contributed by atoms with Gasteiger partial charge in [0.1, 0.15) is 11.6 Å². The zero-order valence-corrected chi connectivity index (χ0v) is 14.5. The summed E-state index contributed by atoms with van der Waals surface area (Å²) in [6, 6.07) is 25.2. The fraction of sp³-hybridized carbons (Fsp3) is 0.182. The van der Waals surface area contributed by atoms with Crippen LogP contribution in [0.4, 0.5) is 11.6 Å². The molecule has 0 saturated carbocycles. The van der Waals surface area contributed by atoms with Crippen molar-refractivity contribution in [1.29, 1.82) is 0 Å². The van der Waals surface area contributed by atoms with E-state index in [0.717, 1.165) is 48.8 Å². The van der Waals surface area contributed by atoms with E-state index in [1.165, 1.54) is 10.8 Å². The summed E-state index contributed by atoms with van der Waals surface area (Å²) in [6.45, 7) is 3.83. The molecule has 128 valence electrons. The van der Waals surface area contributed by atoms with E-state index in [1.807, 2.05) is 12.1 Å². The van der Waals surface area contributed by atoms with Gasteiger partial charge in [0.05, 0.1) is 11.0 Å². The Balaban J connectivity index is 1.34. The van der Waals surface area contributed by atoms with Crippen LogP contribution in [0.5, 0.6) is 0 Å². The molecule has 0 spiro atoms. The van der Waals surface area contributed by atoms with Crippen LogP contribution in [-0.2, 0) is 0 Å². The highest BCUT2D eigenvalue weighted by molar-refractivity contribution is 5.81. The summed E-state index contributed by atoms with van der Waals surface area (Å²) in [5, 5.41) is 2.38. The lowest BCUT2D eigenvalue weighted by Gasteiger charge is -2.36. The van der Waals surface area contributed by atoms with Gasteiger partial charge in [-0.05, 0) is 36.4 Å². The average Bonchev–Trinajstić information content (AvgIpc) is 2.73. The summed E-state index contributed by atoms with van der Waals surface area (Å²) >= 11 is 0. The highest BCUT2D eigenvalue weighted by Crippen LogP contribution is 2.22. The number of pyridine rings is 2. The first-order valence-corrected chi connectivity index (χ1v) is 9.08. The van der Waals surface area contributed by atoms with Gasteiger partial charge in [0.25, 0.3) is 0 Å². The van der Waals surface area contributed by atoms with Crippen LogP contribution in [0.2, 0.25) is 0 Å². The molecule has 2 aromatic heterocycles. The van der Waals surface area contributed by atoms with Gasteiger partial charge >= 0.3 is 0 Å². The number of fused-ring (bicyclic) bond motifs is 2. The van der Waals surface area contributed by atoms with E-state index in [9.17, 15) is 0 Å². The lowest BCUT2D eigenvalue weighted by molar-refractivity contribution is 0.643. The van der Waals surface area contributed by atoms with Gasteiger partial charge in [-0.1, -0.05) is 36.4 Å². The summed E-state index contributed by atoms with van der Waals surface area (Å²) in [7, 11) is 0. The molecule has 3 heterocycles. The van der Waals surface area contributed by atoms with Crippen LogP contribution in [0.15, 0.2) is 72.8 Å². The third kappa shape index (κ3) is 2.73. The number of rotatable bonds is 2. The molecule has 1 aliphatic rings. The molecule has 5 rings (SSSR count). The second kappa shape index (κ2) is 6.30. The van der Waals surface area contributed by atoms with Gasteiger partial charge in [-0.25, -0.2) is 9.97 Å². The van der Waals surface area contributed by atoms with Crippen LogP contribution in [0.25, 0.3) is 21.8 Å². The molecule has 26 heavy (non-hydrogen) atoms. The van der Waals surface area contributed by atoms with Crippen LogP contribution in [0, 0.1) is 0 Å². The van der Waals surface area contributed by atoms with Gasteiger partial charge in [0.15, 0.2) is 0 Å². The SMILES string of the molecule is c1ccc2nc(N3CCN(c4ccc5ccccc5n4)CC3)ccc2c1. The third-order valence-electron chi connectivity index (χ3n) is 5.10. The first kappa shape index (κ1) is 15.1. The Labute approximate surface area is 152 Å². The van der Waals surface area contributed by atoms with Crippen LogP contribution in [-0.4, -0.2) is 36.1 Å². The molecular weight excluding hydrogens is 320 g/mol. The number of anilines is 2. The lowest BCUT2D eigenvalue weighted by atomic mass is 10.2. The van der Waals surface area contributed by atoms with Crippen LogP contribution in [0.3, 0.4) is 0 Å². The average molecular weight is 340 g/mol. The van der Waals surface area contributed by atoms with E-state index in [1.54, 1.807) is 0 Å². The molecule has 0 N–H and O–H groups in total. The van der Waals surface area contributed by atoms with Crippen LogP contribution in [0.1, 0.15) is 0 Å². The molecule has 0 unspecified atom stereocenters. The second-order valence-corrected chi connectivity index (χ2v) is 6.70. The monoisotopic (exact) mass is 340 g/mol.